The highest BCUT2D eigenvalue weighted by Crippen LogP contribution is 2.14. The number of morpholine rings is 1. The molecule has 0 aliphatic carbocycles. The number of carbonyl (C=O) groups is 1. The van der Waals surface area contributed by atoms with Crippen LogP contribution in [0, 0.1) is 0 Å². The lowest BCUT2D eigenvalue weighted by molar-refractivity contribution is -0.139. The van der Waals surface area contributed by atoms with Gasteiger partial charge in [0.1, 0.15) is 6.54 Å². The Balaban J connectivity index is 1.88. The van der Waals surface area contributed by atoms with E-state index in [1.807, 2.05) is 36.1 Å². The van der Waals surface area contributed by atoms with Gasteiger partial charge >= 0.3 is 5.69 Å². The molecule has 0 N–H and O–H groups in total. The molecule has 6 nitrogen and oxygen atoms in total. The van der Waals surface area contributed by atoms with Gasteiger partial charge in [0.05, 0.1) is 23.7 Å². The molecule has 1 aliphatic heterocycles. The van der Waals surface area contributed by atoms with Gasteiger partial charge in [0.2, 0.25) is 5.91 Å². The number of hydrogen-bond acceptors (Lipinski definition) is 3. The van der Waals surface area contributed by atoms with Crippen molar-refractivity contribution in [3.63, 3.8) is 0 Å². The van der Waals surface area contributed by atoms with E-state index in [0.717, 1.165) is 17.5 Å². The van der Waals surface area contributed by atoms with Crippen LogP contribution < -0.4 is 5.69 Å². The van der Waals surface area contributed by atoms with Crippen molar-refractivity contribution in [3.8, 4) is 0 Å². The number of rotatable bonds is 4. The van der Waals surface area contributed by atoms with E-state index >= 15 is 0 Å². The van der Waals surface area contributed by atoms with Crippen molar-refractivity contribution in [2.45, 2.75) is 39.5 Å². The maximum absolute atomic E-state index is 12.6. The molecule has 1 saturated heterocycles. The Hall–Kier alpha value is -2.08. The summed E-state index contributed by atoms with van der Waals surface area (Å²) in [5, 5.41) is 0. The lowest BCUT2D eigenvalue weighted by Crippen LogP contribution is -2.47. The van der Waals surface area contributed by atoms with Crippen molar-refractivity contribution in [2.24, 2.45) is 0 Å². The zero-order valence-corrected chi connectivity index (χ0v) is 13.7. The van der Waals surface area contributed by atoms with Crippen LogP contribution in [-0.2, 0) is 22.6 Å². The van der Waals surface area contributed by atoms with Gasteiger partial charge < -0.3 is 9.64 Å². The van der Waals surface area contributed by atoms with Crippen molar-refractivity contribution in [1.82, 2.24) is 14.0 Å². The molecule has 0 radical (unpaired) electrons. The summed E-state index contributed by atoms with van der Waals surface area (Å²) in [6, 6.07) is 7.62. The number of hydrogen-bond donors (Lipinski definition) is 0. The predicted molar refractivity (Wildman–Crippen MR) is 88.5 cm³/mol. The fraction of sp³-hybridized carbons (Fsp3) is 0.529. The monoisotopic (exact) mass is 317 g/mol. The largest absolute Gasteiger partial charge is 0.375 e. The molecule has 2 aromatic rings. The number of aromatic nitrogens is 2. The Morgan fingerprint density at radius 1 is 1.22 bits per heavy atom. The first-order chi connectivity index (χ1) is 11.2. The number of fused-ring (bicyclic) bond motifs is 1. The molecule has 6 heteroatoms. The third kappa shape index (κ3) is 2.91. The molecule has 1 atom stereocenters. The van der Waals surface area contributed by atoms with Gasteiger partial charge in [-0.15, -0.1) is 0 Å². The van der Waals surface area contributed by atoms with Crippen LogP contribution >= 0.6 is 0 Å². The molecule has 1 aromatic heterocycles. The number of aryl methyl sites for hydroxylation is 1. The van der Waals surface area contributed by atoms with E-state index < -0.39 is 0 Å². The van der Waals surface area contributed by atoms with Gasteiger partial charge in [-0.2, -0.15) is 0 Å². The third-order valence-corrected chi connectivity index (χ3v) is 4.48. The zero-order chi connectivity index (χ0) is 16.4. The van der Waals surface area contributed by atoms with E-state index in [0.29, 0.717) is 26.2 Å². The van der Waals surface area contributed by atoms with Crippen molar-refractivity contribution in [1.29, 1.82) is 0 Å². The van der Waals surface area contributed by atoms with Gasteiger partial charge in [0.25, 0.3) is 0 Å². The topological polar surface area (TPSA) is 56.5 Å². The molecule has 124 valence electrons. The van der Waals surface area contributed by atoms with E-state index in [-0.39, 0.29) is 24.2 Å². The molecular formula is C17H23N3O3. The van der Waals surface area contributed by atoms with Crippen molar-refractivity contribution in [2.75, 3.05) is 19.7 Å². The van der Waals surface area contributed by atoms with Crippen LogP contribution in [-0.4, -0.2) is 45.7 Å². The first kappa shape index (κ1) is 15.8. The van der Waals surface area contributed by atoms with Gasteiger partial charge in [-0.25, -0.2) is 4.79 Å². The van der Waals surface area contributed by atoms with Gasteiger partial charge in [-0.05, 0) is 25.5 Å². The lowest BCUT2D eigenvalue weighted by atomic mass is 10.2. The number of carbonyl (C=O) groups excluding carboxylic acids is 1. The van der Waals surface area contributed by atoms with E-state index in [4.69, 9.17) is 4.74 Å². The Bertz CT molecular complexity index is 762. The summed E-state index contributed by atoms with van der Waals surface area (Å²) in [5.41, 5.74) is 1.57. The zero-order valence-electron chi connectivity index (χ0n) is 13.7. The number of amides is 1. The normalized spacial score (nSPS) is 18.5. The number of imidazole rings is 1. The number of benzene rings is 1. The summed E-state index contributed by atoms with van der Waals surface area (Å²) < 4.78 is 8.89. The van der Waals surface area contributed by atoms with Crippen molar-refractivity contribution >= 4 is 16.9 Å². The van der Waals surface area contributed by atoms with Crippen LogP contribution in [0.4, 0.5) is 0 Å². The number of para-hydroxylation sites is 2. The molecule has 2 heterocycles. The highest BCUT2D eigenvalue weighted by atomic mass is 16.5. The van der Waals surface area contributed by atoms with Crippen LogP contribution in [0.25, 0.3) is 11.0 Å². The van der Waals surface area contributed by atoms with E-state index in [1.165, 1.54) is 0 Å². The Labute approximate surface area is 135 Å². The second-order valence-corrected chi connectivity index (χ2v) is 5.84. The fourth-order valence-corrected chi connectivity index (χ4v) is 3.16. The van der Waals surface area contributed by atoms with Crippen molar-refractivity contribution in [3.05, 3.63) is 34.7 Å². The summed E-state index contributed by atoms with van der Waals surface area (Å²) >= 11 is 0. The van der Waals surface area contributed by atoms with E-state index in [1.54, 1.807) is 9.13 Å². The summed E-state index contributed by atoms with van der Waals surface area (Å²) in [6.45, 7) is 6.44. The second-order valence-electron chi connectivity index (χ2n) is 5.84. The quantitative estimate of drug-likeness (QED) is 0.858. The van der Waals surface area contributed by atoms with Crippen LogP contribution in [0.5, 0.6) is 0 Å². The lowest BCUT2D eigenvalue weighted by Gasteiger charge is -2.32. The molecule has 0 saturated carbocycles. The standard InChI is InChI=1S/C17H23N3O3/c1-3-13-11-18(9-10-23-13)16(21)12-20-15-8-6-5-7-14(15)19(4-2)17(20)22/h5-8,13H,3-4,9-12H2,1-2H3. The minimum absolute atomic E-state index is 0.0205. The summed E-state index contributed by atoms with van der Waals surface area (Å²) in [6.07, 6.45) is 0.986. The predicted octanol–water partition coefficient (Wildman–Crippen LogP) is 1.46. The van der Waals surface area contributed by atoms with Crippen LogP contribution in [0.1, 0.15) is 20.3 Å². The first-order valence-corrected chi connectivity index (χ1v) is 8.23. The summed E-state index contributed by atoms with van der Waals surface area (Å²) in [5.74, 6) is -0.0205. The van der Waals surface area contributed by atoms with Crippen molar-refractivity contribution < 1.29 is 9.53 Å². The SMILES string of the molecule is CCC1CN(C(=O)Cn2c(=O)n(CC)c3ccccc32)CCO1. The molecule has 23 heavy (non-hydrogen) atoms. The minimum atomic E-state index is -0.123. The second kappa shape index (κ2) is 6.58. The first-order valence-electron chi connectivity index (χ1n) is 8.23. The van der Waals surface area contributed by atoms with Gasteiger partial charge in [0.15, 0.2) is 0 Å². The Morgan fingerprint density at radius 3 is 2.57 bits per heavy atom. The van der Waals surface area contributed by atoms with Gasteiger partial charge in [-0.3, -0.25) is 13.9 Å². The third-order valence-electron chi connectivity index (χ3n) is 4.48. The number of ether oxygens (including phenoxy) is 1. The van der Waals surface area contributed by atoms with Crippen LogP contribution in [0.15, 0.2) is 29.1 Å². The van der Waals surface area contributed by atoms with Crippen LogP contribution in [0.3, 0.4) is 0 Å². The number of nitrogens with zero attached hydrogens (tertiary/aromatic N) is 3. The average molecular weight is 317 g/mol. The molecule has 1 amide bonds. The molecule has 1 aromatic carbocycles. The summed E-state index contributed by atoms with van der Waals surface area (Å²) in [4.78, 5) is 27.0. The Kier molecular flexibility index (Phi) is 4.52. The van der Waals surface area contributed by atoms with Crippen LogP contribution in [0.2, 0.25) is 0 Å². The maximum atomic E-state index is 12.6. The smallest absolute Gasteiger partial charge is 0.329 e. The summed E-state index contributed by atoms with van der Waals surface area (Å²) in [7, 11) is 0. The van der Waals surface area contributed by atoms with E-state index in [2.05, 4.69) is 6.92 Å². The molecule has 3 rings (SSSR count). The van der Waals surface area contributed by atoms with E-state index in [9.17, 15) is 9.59 Å². The molecule has 0 bridgehead atoms. The molecule has 1 fully saturated rings. The highest BCUT2D eigenvalue weighted by Gasteiger charge is 2.24. The molecule has 1 unspecified atom stereocenters. The van der Waals surface area contributed by atoms with Gasteiger partial charge in [0, 0.05) is 19.6 Å². The molecule has 1 aliphatic rings. The highest BCUT2D eigenvalue weighted by molar-refractivity contribution is 5.81. The van der Waals surface area contributed by atoms with Gasteiger partial charge in [-0.1, -0.05) is 19.1 Å². The maximum Gasteiger partial charge on any atom is 0.329 e. The average Bonchev–Trinajstić information content (AvgIpc) is 2.86. The minimum Gasteiger partial charge on any atom is -0.375 e. The molecule has 0 spiro atoms. The fourth-order valence-electron chi connectivity index (χ4n) is 3.16. The molecular weight excluding hydrogens is 294 g/mol. The Morgan fingerprint density at radius 2 is 1.91 bits per heavy atom.